The molecule has 3 heterocycles. The van der Waals surface area contributed by atoms with E-state index in [0.29, 0.717) is 17.3 Å². The van der Waals surface area contributed by atoms with Gasteiger partial charge >= 0.3 is 0 Å². The Morgan fingerprint density at radius 1 is 1.08 bits per heavy atom. The summed E-state index contributed by atoms with van der Waals surface area (Å²) in [5, 5.41) is 3.92. The minimum absolute atomic E-state index is 0.145. The SMILES string of the molecule is CC.Cc1cc(Nc2nc(N3CCCCC3)cnc2C(N)=O)sn1.NC(=O)c1ccc(C2CC2)c(F)c1. The fraction of sp³-hybridized carbons (Fsp3) is 0.423. The highest BCUT2D eigenvalue weighted by molar-refractivity contribution is 7.10. The summed E-state index contributed by atoms with van der Waals surface area (Å²) in [6.07, 6.45) is 7.26. The van der Waals surface area contributed by atoms with Crippen LogP contribution in [0.5, 0.6) is 0 Å². The van der Waals surface area contributed by atoms with Gasteiger partial charge in [-0.05, 0) is 80.2 Å². The second-order valence-corrected chi connectivity index (χ2v) is 9.47. The van der Waals surface area contributed by atoms with Gasteiger partial charge in [-0.3, -0.25) is 9.59 Å². The lowest BCUT2D eigenvalue weighted by Crippen LogP contribution is -2.30. The van der Waals surface area contributed by atoms with Crippen molar-refractivity contribution in [3.63, 3.8) is 0 Å². The standard InChI is InChI=1S/C14H18N6OS.C10H10FNO.C2H6/c1-9-7-11(22-19-9)18-14-12(13(15)21)16-8-10(17-14)20-5-3-2-4-6-20;11-9-5-7(10(12)13)3-4-8(9)6-1-2-6;1-2/h7-8H,2-6H2,1H3,(H2,15,21)(H,17,18);3-6H,1-2H2,(H2,12,13);1-2H3. The van der Waals surface area contributed by atoms with Gasteiger partial charge < -0.3 is 21.7 Å². The van der Waals surface area contributed by atoms with Gasteiger partial charge in [-0.1, -0.05) is 19.9 Å². The minimum Gasteiger partial charge on any atom is -0.366 e. The molecule has 0 spiro atoms. The van der Waals surface area contributed by atoms with Crippen LogP contribution in [0, 0.1) is 12.7 Å². The van der Waals surface area contributed by atoms with Gasteiger partial charge in [0, 0.05) is 18.7 Å². The molecule has 9 nitrogen and oxygen atoms in total. The lowest BCUT2D eigenvalue weighted by molar-refractivity contribution is 0.0989. The molecule has 5 rings (SSSR count). The van der Waals surface area contributed by atoms with Gasteiger partial charge in [-0.15, -0.1) is 0 Å². The monoisotopic (exact) mass is 527 g/mol. The molecule has 1 saturated heterocycles. The molecule has 2 aliphatic rings. The van der Waals surface area contributed by atoms with Gasteiger partial charge in [0.15, 0.2) is 11.5 Å². The van der Waals surface area contributed by atoms with Gasteiger partial charge in [-0.25, -0.2) is 14.4 Å². The van der Waals surface area contributed by atoms with Crippen molar-refractivity contribution in [3.05, 3.63) is 58.8 Å². The Kier molecular flexibility index (Phi) is 9.90. The zero-order chi connectivity index (χ0) is 26.9. The lowest BCUT2D eigenvalue weighted by atomic mass is 10.1. The maximum absolute atomic E-state index is 13.3. The Morgan fingerprint density at radius 2 is 1.78 bits per heavy atom. The topological polar surface area (TPSA) is 140 Å². The number of nitrogens with zero attached hydrogens (tertiary/aromatic N) is 4. The van der Waals surface area contributed by atoms with Crippen molar-refractivity contribution in [2.45, 2.75) is 58.8 Å². The maximum Gasteiger partial charge on any atom is 0.271 e. The van der Waals surface area contributed by atoms with E-state index >= 15 is 0 Å². The second kappa shape index (κ2) is 13.1. The first-order chi connectivity index (χ1) is 17.8. The highest BCUT2D eigenvalue weighted by Crippen LogP contribution is 2.41. The highest BCUT2D eigenvalue weighted by atomic mass is 32.1. The van der Waals surface area contributed by atoms with Crippen LogP contribution in [0.15, 0.2) is 30.5 Å². The quantitative estimate of drug-likeness (QED) is 0.414. The summed E-state index contributed by atoms with van der Waals surface area (Å²) in [5.74, 6) is 0.0380. The number of halogens is 1. The molecule has 11 heteroatoms. The van der Waals surface area contributed by atoms with Crippen molar-refractivity contribution in [3.8, 4) is 0 Å². The predicted octanol–water partition coefficient (Wildman–Crippen LogP) is 4.90. The van der Waals surface area contributed by atoms with E-state index in [-0.39, 0.29) is 17.1 Å². The van der Waals surface area contributed by atoms with Crippen molar-refractivity contribution in [1.82, 2.24) is 14.3 Å². The number of anilines is 3. The number of nitrogens with two attached hydrogens (primary N) is 2. The number of aromatic nitrogens is 3. The summed E-state index contributed by atoms with van der Waals surface area (Å²) in [5.41, 5.74) is 12.4. The summed E-state index contributed by atoms with van der Waals surface area (Å²) in [4.78, 5) is 33.2. The van der Waals surface area contributed by atoms with Gasteiger partial charge in [0.2, 0.25) is 5.91 Å². The number of carbonyl (C=O) groups excluding carboxylic acids is 2. The molecule has 2 fully saturated rings. The van der Waals surface area contributed by atoms with Crippen molar-refractivity contribution < 1.29 is 14.0 Å². The molecule has 5 N–H and O–H groups in total. The molecular formula is C26H34FN7O2S. The Labute approximate surface area is 220 Å². The minimum atomic E-state index is -0.596. The van der Waals surface area contributed by atoms with Crippen molar-refractivity contribution in [1.29, 1.82) is 0 Å². The van der Waals surface area contributed by atoms with Crippen LogP contribution >= 0.6 is 11.5 Å². The van der Waals surface area contributed by atoms with E-state index < -0.39 is 11.8 Å². The van der Waals surface area contributed by atoms with Crippen LogP contribution in [0.2, 0.25) is 0 Å². The predicted molar refractivity (Wildman–Crippen MR) is 145 cm³/mol. The van der Waals surface area contributed by atoms with E-state index in [4.69, 9.17) is 11.5 Å². The van der Waals surface area contributed by atoms with Crippen LogP contribution in [0.3, 0.4) is 0 Å². The van der Waals surface area contributed by atoms with Gasteiger partial charge in [0.05, 0.1) is 11.9 Å². The highest BCUT2D eigenvalue weighted by Gasteiger charge is 2.26. The Balaban J connectivity index is 0.000000216. The third-order valence-corrected chi connectivity index (χ3v) is 6.64. The van der Waals surface area contributed by atoms with Crippen LogP contribution in [-0.2, 0) is 0 Å². The molecule has 1 aliphatic carbocycles. The molecule has 1 saturated carbocycles. The van der Waals surface area contributed by atoms with Crippen LogP contribution < -0.4 is 21.7 Å². The Bertz CT molecular complexity index is 1220. The molecule has 37 heavy (non-hydrogen) atoms. The zero-order valence-electron chi connectivity index (χ0n) is 21.5. The number of carbonyl (C=O) groups is 2. The number of aryl methyl sites for hydroxylation is 1. The van der Waals surface area contributed by atoms with E-state index in [9.17, 15) is 14.0 Å². The molecule has 0 atom stereocenters. The van der Waals surface area contributed by atoms with E-state index in [2.05, 4.69) is 24.6 Å². The molecule has 0 bridgehead atoms. The Hall–Kier alpha value is -3.60. The molecular weight excluding hydrogens is 493 g/mol. The van der Waals surface area contributed by atoms with Gasteiger partial charge in [0.1, 0.15) is 16.6 Å². The summed E-state index contributed by atoms with van der Waals surface area (Å²) >= 11 is 1.31. The van der Waals surface area contributed by atoms with Crippen molar-refractivity contribution >= 4 is 40.0 Å². The van der Waals surface area contributed by atoms with Crippen molar-refractivity contribution in [2.75, 3.05) is 23.3 Å². The van der Waals surface area contributed by atoms with Crippen LogP contribution in [0.1, 0.15) is 84.0 Å². The third kappa shape index (κ3) is 7.69. The first-order valence-electron chi connectivity index (χ1n) is 12.5. The molecule has 2 amide bonds. The number of benzene rings is 1. The van der Waals surface area contributed by atoms with Gasteiger partial charge in [-0.2, -0.15) is 4.37 Å². The number of piperidine rings is 1. The first kappa shape index (κ1) is 28.0. The number of hydrogen-bond donors (Lipinski definition) is 3. The number of nitrogens with one attached hydrogen (secondary N) is 1. The molecule has 2 aromatic heterocycles. The van der Waals surface area contributed by atoms with Crippen LogP contribution in [0.4, 0.5) is 21.0 Å². The molecule has 0 radical (unpaired) electrons. The summed E-state index contributed by atoms with van der Waals surface area (Å²) < 4.78 is 17.5. The smallest absolute Gasteiger partial charge is 0.271 e. The van der Waals surface area contributed by atoms with E-state index in [1.807, 2.05) is 26.8 Å². The number of rotatable bonds is 6. The molecule has 198 valence electrons. The Morgan fingerprint density at radius 3 is 2.32 bits per heavy atom. The zero-order valence-corrected chi connectivity index (χ0v) is 22.3. The average molecular weight is 528 g/mol. The fourth-order valence-electron chi connectivity index (χ4n) is 3.87. The third-order valence-electron chi connectivity index (χ3n) is 5.84. The van der Waals surface area contributed by atoms with E-state index in [1.54, 1.807) is 18.3 Å². The summed E-state index contributed by atoms with van der Waals surface area (Å²) in [6.45, 7) is 7.83. The molecule has 1 aliphatic heterocycles. The normalized spacial score (nSPS) is 14.5. The van der Waals surface area contributed by atoms with Gasteiger partial charge in [0.25, 0.3) is 5.91 Å². The molecule has 3 aromatic rings. The maximum atomic E-state index is 13.3. The first-order valence-corrected chi connectivity index (χ1v) is 13.3. The number of hydrogen-bond acceptors (Lipinski definition) is 8. The van der Waals surface area contributed by atoms with E-state index in [1.165, 1.54) is 24.0 Å². The second-order valence-electron chi connectivity index (χ2n) is 8.67. The lowest BCUT2D eigenvalue weighted by Gasteiger charge is -2.27. The van der Waals surface area contributed by atoms with E-state index in [0.717, 1.165) is 55.3 Å². The van der Waals surface area contributed by atoms with Crippen LogP contribution in [-0.4, -0.2) is 39.2 Å². The summed E-state index contributed by atoms with van der Waals surface area (Å²) in [7, 11) is 0. The number of amides is 2. The number of primary amides is 2. The molecule has 0 unspecified atom stereocenters. The van der Waals surface area contributed by atoms with Crippen LogP contribution in [0.25, 0.3) is 0 Å². The largest absolute Gasteiger partial charge is 0.366 e. The van der Waals surface area contributed by atoms with Crippen molar-refractivity contribution in [2.24, 2.45) is 11.5 Å². The average Bonchev–Trinajstić information content (AvgIpc) is 3.67. The fourth-order valence-corrected chi connectivity index (χ4v) is 4.53. The summed E-state index contributed by atoms with van der Waals surface area (Å²) in [6, 6.07) is 6.35. The molecule has 1 aromatic carbocycles.